The van der Waals surface area contributed by atoms with Gasteiger partial charge < -0.3 is 19.5 Å². The topological polar surface area (TPSA) is 108 Å². The Balaban J connectivity index is 2.42. The lowest BCUT2D eigenvalue weighted by molar-refractivity contribution is -0.141. The molecule has 2 heterocycles. The molecule has 0 bridgehead atoms. The SMILES string of the molecule is COP(=O)(OC)C1=C(COC(C)=O)CS[C@H]2[C@H](N)C(=O)N12. The van der Waals surface area contributed by atoms with Crippen molar-refractivity contribution in [2.75, 3.05) is 26.6 Å². The predicted molar refractivity (Wildman–Crippen MR) is 76.4 cm³/mol. The van der Waals surface area contributed by atoms with E-state index in [4.69, 9.17) is 19.5 Å². The fourth-order valence-electron chi connectivity index (χ4n) is 2.18. The average Bonchev–Trinajstić information content (AvgIpc) is 2.50. The van der Waals surface area contributed by atoms with Gasteiger partial charge in [0.2, 0.25) is 5.91 Å². The predicted octanol–water partition coefficient (Wildman–Crippen LogP) is 0.489. The van der Waals surface area contributed by atoms with E-state index in [1.807, 2.05) is 0 Å². The van der Waals surface area contributed by atoms with Gasteiger partial charge in [-0.25, -0.2) is 0 Å². The van der Waals surface area contributed by atoms with Gasteiger partial charge in [-0.3, -0.25) is 19.1 Å². The third kappa shape index (κ3) is 2.76. The van der Waals surface area contributed by atoms with E-state index in [0.717, 1.165) is 0 Å². The van der Waals surface area contributed by atoms with Crippen molar-refractivity contribution >= 4 is 31.2 Å². The molecule has 0 unspecified atom stereocenters. The number of fused-ring (bicyclic) bond motifs is 1. The Labute approximate surface area is 126 Å². The molecule has 8 nitrogen and oxygen atoms in total. The van der Waals surface area contributed by atoms with E-state index >= 15 is 0 Å². The highest BCUT2D eigenvalue weighted by atomic mass is 32.2. The molecule has 10 heteroatoms. The molecule has 2 N–H and O–H groups in total. The van der Waals surface area contributed by atoms with Gasteiger partial charge in [0.25, 0.3) is 0 Å². The Bertz CT molecular complexity index is 543. The Morgan fingerprint density at radius 3 is 2.62 bits per heavy atom. The first-order valence-corrected chi connectivity index (χ1v) is 8.72. The summed E-state index contributed by atoms with van der Waals surface area (Å²) in [6.45, 7) is 1.20. The number of thioether (sulfide) groups is 1. The van der Waals surface area contributed by atoms with Crippen molar-refractivity contribution in [3.8, 4) is 0 Å². The second-order valence-corrected chi connectivity index (χ2v) is 7.76. The maximum Gasteiger partial charge on any atom is 0.377 e. The van der Waals surface area contributed by atoms with Gasteiger partial charge in [0.05, 0.1) is 0 Å². The lowest BCUT2D eigenvalue weighted by atomic mass is 10.1. The van der Waals surface area contributed by atoms with E-state index in [2.05, 4.69) is 0 Å². The number of hydrogen-bond donors (Lipinski definition) is 1. The Hall–Kier alpha value is -0.860. The largest absolute Gasteiger partial charge is 0.461 e. The van der Waals surface area contributed by atoms with Gasteiger partial charge in [-0.2, -0.15) is 0 Å². The van der Waals surface area contributed by atoms with E-state index in [0.29, 0.717) is 11.3 Å². The summed E-state index contributed by atoms with van der Waals surface area (Å²) in [5.41, 5.74) is 6.41. The van der Waals surface area contributed by atoms with Crippen LogP contribution in [0.5, 0.6) is 0 Å². The van der Waals surface area contributed by atoms with Crippen LogP contribution in [0.4, 0.5) is 0 Å². The third-order valence-electron chi connectivity index (χ3n) is 3.25. The number of nitrogens with zero attached hydrogens (tertiary/aromatic N) is 1. The molecule has 2 aliphatic rings. The van der Waals surface area contributed by atoms with Gasteiger partial charge in [-0.1, -0.05) is 0 Å². The second kappa shape index (κ2) is 6.10. The molecule has 1 amide bonds. The zero-order valence-electron chi connectivity index (χ0n) is 11.9. The molecular formula is C11H17N2O6PS. The molecule has 0 aromatic carbocycles. The standard InChI is InChI=1S/C11H17N2O6PS/c1-6(14)19-4-7-5-21-11-8(12)9(15)13(11)10(7)20(16,17-2)18-3/h8,11H,4-5,12H2,1-3H3/t8-,11+/m1/s1. The molecule has 0 spiro atoms. The summed E-state index contributed by atoms with van der Waals surface area (Å²) in [4.78, 5) is 24.3. The van der Waals surface area contributed by atoms with Crippen LogP contribution >= 0.6 is 19.4 Å². The van der Waals surface area contributed by atoms with Crippen molar-refractivity contribution < 1.29 is 27.9 Å². The number of rotatable bonds is 5. The lowest BCUT2D eigenvalue weighted by Gasteiger charge is -2.49. The first-order valence-electron chi connectivity index (χ1n) is 6.13. The van der Waals surface area contributed by atoms with Crippen LogP contribution in [-0.2, 0) is 27.9 Å². The van der Waals surface area contributed by atoms with E-state index in [1.54, 1.807) is 0 Å². The average molecular weight is 336 g/mol. The van der Waals surface area contributed by atoms with Crippen LogP contribution in [0.3, 0.4) is 0 Å². The van der Waals surface area contributed by atoms with E-state index in [1.165, 1.54) is 37.8 Å². The van der Waals surface area contributed by atoms with E-state index in [-0.39, 0.29) is 23.3 Å². The number of amides is 1. The molecule has 2 atom stereocenters. The smallest absolute Gasteiger partial charge is 0.377 e. The van der Waals surface area contributed by atoms with Crippen molar-refractivity contribution in [1.29, 1.82) is 0 Å². The van der Waals surface area contributed by atoms with Gasteiger partial charge in [0, 0.05) is 32.5 Å². The number of carbonyl (C=O) groups excluding carboxylic acids is 2. The number of hydrogen-bond acceptors (Lipinski definition) is 8. The summed E-state index contributed by atoms with van der Waals surface area (Å²) < 4.78 is 27.7. The summed E-state index contributed by atoms with van der Waals surface area (Å²) in [5, 5.41) is -0.299. The molecule has 0 aromatic rings. The summed E-state index contributed by atoms with van der Waals surface area (Å²) in [5.74, 6) is -0.385. The first kappa shape index (κ1) is 16.5. The fraction of sp³-hybridized carbons (Fsp3) is 0.636. The Morgan fingerprint density at radius 2 is 2.10 bits per heavy atom. The van der Waals surface area contributed by atoms with Crippen LogP contribution in [0.2, 0.25) is 0 Å². The van der Waals surface area contributed by atoms with Crippen LogP contribution in [0.25, 0.3) is 0 Å². The molecule has 0 aromatic heterocycles. The molecule has 0 radical (unpaired) electrons. The highest BCUT2D eigenvalue weighted by Crippen LogP contribution is 2.61. The normalized spacial score (nSPS) is 25.5. The minimum absolute atomic E-state index is 0.0693. The number of ether oxygens (including phenoxy) is 1. The zero-order valence-corrected chi connectivity index (χ0v) is 13.6. The minimum Gasteiger partial charge on any atom is -0.461 e. The molecule has 0 aliphatic carbocycles. The van der Waals surface area contributed by atoms with Crippen LogP contribution in [0.1, 0.15) is 6.92 Å². The molecule has 1 saturated heterocycles. The van der Waals surface area contributed by atoms with Gasteiger partial charge >= 0.3 is 13.6 Å². The van der Waals surface area contributed by atoms with E-state index in [9.17, 15) is 14.2 Å². The molecule has 2 rings (SSSR count). The monoisotopic (exact) mass is 336 g/mol. The van der Waals surface area contributed by atoms with Crippen molar-refractivity contribution in [2.45, 2.75) is 18.3 Å². The van der Waals surface area contributed by atoms with Crippen LogP contribution in [0, 0.1) is 0 Å². The summed E-state index contributed by atoms with van der Waals surface area (Å²) in [6.07, 6.45) is 0. The van der Waals surface area contributed by atoms with Gasteiger partial charge in [0.15, 0.2) is 0 Å². The molecule has 118 valence electrons. The van der Waals surface area contributed by atoms with Gasteiger partial charge in [-0.05, 0) is 0 Å². The minimum atomic E-state index is -3.65. The summed E-state index contributed by atoms with van der Waals surface area (Å²) in [6, 6.07) is -0.637. The third-order valence-corrected chi connectivity index (χ3v) is 6.62. The van der Waals surface area contributed by atoms with Crippen molar-refractivity contribution in [2.24, 2.45) is 5.73 Å². The maximum absolute atomic E-state index is 12.7. The Morgan fingerprint density at radius 1 is 1.48 bits per heavy atom. The quantitative estimate of drug-likeness (QED) is 0.439. The number of carbonyl (C=O) groups is 2. The summed E-state index contributed by atoms with van der Waals surface area (Å²) in [7, 11) is -1.18. The van der Waals surface area contributed by atoms with Gasteiger partial charge in [0.1, 0.15) is 23.5 Å². The zero-order chi connectivity index (χ0) is 15.8. The molecular weight excluding hydrogens is 319 g/mol. The van der Waals surface area contributed by atoms with Crippen molar-refractivity contribution in [1.82, 2.24) is 4.90 Å². The van der Waals surface area contributed by atoms with Crippen LogP contribution in [-0.4, -0.2) is 54.8 Å². The number of nitrogens with two attached hydrogens (primary N) is 1. The van der Waals surface area contributed by atoms with Crippen molar-refractivity contribution in [3.05, 3.63) is 11.0 Å². The van der Waals surface area contributed by atoms with Crippen LogP contribution < -0.4 is 5.73 Å². The van der Waals surface area contributed by atoms with E-state index < -0.39 is 19.6 Å². The number of esters is 1. The summed E-state index contributed by atoms with van der Waals surface area (Å²) >= 11 is 1.42. The second-order valence-electron chi connectivity index (χ2n) is 4.51. The highest BCUT2D eigenvalue weighted by molar-refractivity contribution is 8.00. The maximum atomic E-state index is 12.7. The lowest BCUT2D eigenvalue weighted by Crippen LogP contribution is -2.67. The van der Waals surface area contributed by atoms with Crippen LogP contribution in [0.15, 0.2) is 11.0 Å². The molecule has 2 aliphatic heterocycles. The molecule has 21 heavy (non-hydrogen) atoms. The molecule has 1 fully saturated rings. The number of β-lactam (4-membered cyclic amide) rings is 1. The first-order chi connectivity index (χ1) is 9.85. The Kier molecular flexibility index (Phi) is 4.79. The highest BCUT2D eigenvalue weighted by Gasteiger charge is 2.55. The van der Waals surface area contributed by atoms with Gasteiger partial charge in [-0.15, -0.1) is 11.8 Å². The molecule has 0 saturated carbocycles. The van der Waals surface area contributed by atoms with Crippen molar-refractivity contribution in [3.63, 3.8) is 0 Å². The fourth-order valence-corrected chi connectivity index (χ4v) is 5.15.